The van der Waals surface area contributed by atoms with E-state index in [0.29, 0.717) is 17.8 Å². The highest BCUT2D eigenvalue weighted by atomic mass is 32.1. The Bertz CT molecular complexity index is 354. The Morgan fingerprint density at radius 2 is 2.18 bits per heavy atom. The van der Waals surface area contributed by atoms with E-state index in [1.165, 1.54) is 7.11 Å². The minimum absolute atomic E-state index is 0.178. The molecule has 0 aromatic carbocycles. The van der Waals surface area contributed by atoms with Gasteiger partial charge in [-0.05, 0) is 6.42 Å². The molecule has 98 valence electrons. The number of rotatable bonds is 5. The molecule has 2 unspecified atom stereocenters. The number of nitrogens with zero attached hydrogens (tertiary/aromatic N) is 1. The molecule has 1 N–H and O–H groups in total. The Kier molecular flexibility index (Phi) is 4.91. The second kappa shape index (κ2) is 5.79. The first kappa shape index (κ1) is 14.4. The average molecular weight is 269 g/mol. The van der Waals surface area contributed by atoms with Gasteiger partial charge in [-0.15, -0.1) is 11.3 Å². The standard InChI is InChI=1S/C10H14F3NO2S/c1-3-4-6(16-2)8(15)7-5-14-9(17-7)10(11,12)13/h5-6,8,15H,3-4H2,1-2H3. The van der Waals surface area contributed by atoms with Gasteiger partial charge < -0.3 is 9.84 Å². The molecule has 2 atom stereocenters. The Hall–Kier alpha value is -0.660. The van der Waals surface area contributed by atoms with Crippen LogP contribution in [0.1, 0.15) is 35.8 Å². The molecule has 0 amide bonds. The van der Waals surface area contributed by atoms with Crippen LogP contribution in [0.5, 0.6) is 0 Å². The Morgan fingerprint density at radius 3 is 2.59 bits per heavy atom. The molecule has 3 nitrogen and oxygen atoms in total. The van der Waals surface area contributed by atoms with Gasteiger partial charge in [-0.3, -0.25) is 0 Å². The van der Waals surface area contributed by atoms with Crippen LogP contribution in [0.25, 0.3) is 0 Å². The lowest BCUT2D eigenvalue weighted by Gasteiger charge is -2.19. The van der Waals surface area contributed by atoms with Crippen LogP contribution in [-0.2, 0) is 10.9 Å². The van der Waals surface area contributed by atoms with Crippen molar-refractivity contribution in [3.8, 4) is 0 Å². The number of hydrogen-bond acceptors (Lipinski definition) is 4. The number of thiazole rings is 1. The first-order valence-corrected chi connectivity index (χ1v) is 5.95. The van der Waals surface area contributed by atoms with Crippen LogP contribution in [0.2, 0.25) is 0 Å². The Balaban J connectivity index is 2.82. The first-order chi connectivity index (χ1) is 7.90. The zero-order chi connectivity index (χ0) is 13.1. The maximum Gasteiger partial charge on any atom is 0.443 e. The van der Waals surface area contributed by atoms with Crippen molar-refractivity contribution in [2.75, 3.05) is 7.11 Å². The summed E-state index contributed by atoms with van der Waals surface area (Å²) in [4.78, 5) is 3.44. The molecule has 0 saturated carbocycles. The quantitative estimate of drug-likeness (QED) is 0.893. The molecule has 0 aliphatic heterocycles. The minimum atomic E-state index is -4.46. The first-order valence-electron chi connectivity index (χ1n) is 5.14. The van der Waals surface area contributed by atoms with Crippen LogP contribution >= 0.6 is 11.3 Å². The summed E-state index contributed by atoms with van der Waals surface area (Å²) >= 11 is 0.451. The van der Waals surface area contributed by atoms with E-state index in [1.807, 2.05) is 6.92 Å². The Morgan fingerprint density at radius 1 is 1.53 bits per heavy atom. The Labute approximate surface area is 101 Å². The zero-order valence-corrected chi connectivity index (χ0v) is 10.3. The molecule has 1 heterocycles. The molecule has 7 heteroatoms. The number of alkyl halides is 3. The fraction of sp³-hybridized carbons (Fsp3) is 0.700. The highest BCUT2D eigenvalue weighted by Gasteiger charge is 2.35. The van der Waals surface area contributed by atoms with Crippen molar-refractivity contribution >= 4 is 11.3 Å². The van der Waals surface area contributed by atoms with E-state index >= 15 is 0 Å². The number of methoxy groups -OCH3 is 1. The van der Waals surface area contributed by atoms with E-state index in [4.69, 9.17) is 4.74 Å². The molecule has 1 aromatic rings. The molecule has 0 saturated heterocycles. The second-order valence-electron chi connectivity index (χ2n) is 3.57. The number of aliphatic hydroxyl groups is 1. The molecule has 1 aromatic heterocycles. The minimum Gasteiger partial charge on any atom is -0.385 e. The van der Waals surface area contributed by atoms with Gasteiger partial charge >= 0.3 is 6.18 Å². The highest BCUT2D eigenvalue weighted by Crippen LogP contribution is 2.35. The van der Waals surface area contributed by atoms with Gasteiger partial charge in [-0.2, -0.15) is 13.2 Å². The summed E-state index contributed by atoms with van der Waals surface area (Å²) in [5, 5.41) is 8.92. The molecular weight excluding hydrogens is 255 g/mol. The van der Waals surface area contributed by atoms with Crippen LogP contribution in [-0.4, -0.2) is 23.3 Å². The van der Waals surface area contributed by atoms with Gasteiger partial charge in [-0.1, -0.05) is 13.3 Å². The fourth-order valence-electron chi connectivity index (χ4n) is 1.43. The van der Waals surface area contributed by atoms with Crippen LogP contribution in [0, 0.1) is 0 Å². The smallest absolute Gasteiger partial charge is 0.385 e. The van der Waals surface area contributed by atoms with Crippen molar-refractivity contribution in [2.24, 2.45) is 0 Å². The SMILES string of the molecule is CCCC(OC)C(O)c1cnc(C(F)(F)F)s1. The average Bonchev–Trinajstić information content (AvgIpc) is 2.73. The maximum absolute atomic E-state index is 12.3. The van der Waals surface area contributed by atoms with Crippen molar-refractivity contribution < 1.29 is 23.0 Å². The van der Waals surface area contributed by atoms with Crippen LogP contribution in [0.15, 0.2) is 6.20 Å². The molecule has 0 spiro atoms. The summed E-state index contributed by atoms with van der Waals surface area (Å²) in [6, 6.07) is 0. The second-order valence-corrected chi connectivity index (χ2v) is 4.64. The maximum atomic E-state index is 12.3. The number of aromatic nitrogens is 1. The van der Waals surface area contributed by atoms with Crippen LogP contribution in [0.4, 0.5) is 13.2 Å². The number of hydrogen-bond donors (Lipinski definition) is 1. The summed E-state index contributed by atoms with van der Waals surface area (Å²) in [5.41, 5.74) is 0. The van der Waals surface area contributed by atoms with Gasteiger partial charge in [0, 0.05) is 13.3 Å². The van der Waals surface area contributed by atoms with E-state index in [9.17, 15) is 18.3 Å². The summed E-state index contributed by atoms with van der Waals surface area (Å²) in [6.45, 7) is 1.91. The van der Waals surface area contributed by atoms with E-state index in [1.54, 1.807) is 0 Å². The number of ether oxygens (including phenoxy) is 1. The lowest BCUT2D eigenvalue weighted by molar-refractivity contribution is -0.137. The molecule has 0 aliphatic rings. The van der Waals surface area contributed by atoms with Gasteiger partial charge in [0.1, 0.15) is 6.10 Å². The molecule has 17 heavy (non-hydrogen) atoms. The largest absolute Gasteiger partial charge is 0.443 e. The molecule has 0 radical (unpaired) electrons. The lowest BCUT2D eigenvalue weighted by atomic mass is 10.1. The summed E-state index contributed by atoms with van der Waals surface area (Å²) in [6.07, 6.45) is -3.61. The monoisotopic (exact) mass is 269 g/mol. The molecule has 1 rings (SSSR count). The summed E-state index contributed by atoms with van der Waals surface area (Å²) in [7, 11) is 1.43. The van der Waals surface area contributed by atoms with Gasteiger partial charge in [0.25, 0.3) is 0 Å². The normalized spacial score (nSPS) is 15.9. The van der Waals surface area contributed by atoms with Crippen LogP contribution < -0.4 is 0 Å². The summed E-state index contributed by atoms with van der Waals surface area (Å²) < 4.78 is 42.0. The van der Waals surface area contributed by atoms with Gasteiger partial charge in [0.05, 0.1) is 11.0 Å². The molecule has 0 fully saturated rings. The number of aliphatic hydroxyl groups excluding tert-OH is 1. The van der Waals surface area contributed by atoms with Crippen molar-refractivity contribution in [3.63, 3.8) is 0 Å². The third-order valence-electron chi connectivity index (χ3n) is 2.29. The van der Waals surface area contributed by atoms with E-state index in [0.717, 1.165) is 12.6 Å². The van der Waals surface area contributed by atoms with Gasteiger partial charge in [0.2, 0.25) is 0 Å². The lowest BCUT2D eigenvalue weighted by Crippen LogP contribution is -2.19. The molecule has 0 aliphatic carbocycles. The van der Waals surface area contributed by atoms with Gasteiger partial charge in [0.15, 0.2) is 5.01 Å². The number of halogens is 3. The van der Waals surface area contributed by atoms with Gasteiger partial charge in [-0.25, -0.2) is 4.98 Å². The van der Waals surface area contributed by atoms with Crippen molar-refractivity contribution in [1.82, 2.24) is 4.98 Å². The topological polar surface area (TPSA) is 42.4 Å². The van der Waals surface area contributed by atoms with Crippen molar-refractivity contribution in [3.05, 3.63) is 16.1 Å². The highest BCUT2D eigenvalue weighted by molar-refractivity contribution is 7.11. The zero-order valence-electron chi connectivity index (χ0n) is 9.49. The van der Waals surface area contributed by atoms with E-state index < -0.39 is 23.4 Å². The fourth-order valence-corrected chi connectivity index (χ4v) is 2.25. The third kappa shape index (κ3) is 3.65. The summed E-state index contributed by atoms with van der Waals surface area (Å²) in [5.74, 6) is 0. The molecular formula is C10H14F3NO2S. The predicted molar refractivity (Wildman–Crippen MR) is 57.8 cm³/mol. The van der Waals surface area contributed by atoms with Crippen molar-refractivity contribution in [1.29, 1.82) is 0 Å². The molecule has 0 bridgehead atoms. The van der Waals surface area contributed by atoms with Crippen LogP contribution in [0.3, 0.4) is 0 Å². The predicted octanol–water partition coefficient (Wildman–Crippen LogP) is 3.01. The third-order valence-corrected chi connectivity index (χ3v) is 3.40. The van der Waals surface area contributed by atoms with Crippen molar-refractivity contribution in [2.45, 2.75) is 38.1 Å². The van der Waals surface area contributed by atoms with E-state index in [-0.39, 0.29) is 4.88 Å². The van der Waals surface area contributed by atoms with E-state index in [2.05, 4.69) is 4.98 Å².